The first-order valence-corrected chi connectivity index (χ1v) is 10.5. The maximum absolute atomic E-state index is 13.6. The number of amides is 2. The van der Waals surface area contributed by atoms with Crippen LogP contribution in [0.3, 0.4) is 0 Å². The van der Waals surface area contributed by atoms with Crippen molar-refractivity contribution in [3.63, 3.8) is 0 Å². The molecule has 0 aromatic heterocycles. The topological polar surface area (TPSA) is 58.6 Å². The Bertz CT molecular complexity index is 1090. The summed E-state index contributed by atoms with van der Waals surface area (Å²) in [5, 5.41) is 2.96. The van der Waals surface area contributed by atoms with Crippen molar-refractivity contribution < 1.29 is 14.3 Å². The molecule has 1 heterocycles. The zero-order chi connectivity index (χ0) is 22.0. The van der Waals surface area contributed by atoms with Crippen LogP contribution in [0.5, 0.6) is 5.75 Å². The summed E-state index contributed by atoms with van der Waals surface area (Å²) >= 11 is 0. The van der Waals surface area contributed by atoms with E-state index in [1.807, 2.05) is 69.3 Å². The summed E-state index contributed by atoms with van der Waals surface area (Å²) in [6.07, 6.45) is 0.0538. The Hall–Kier alpha value is -3.60. The number of carbonyl (C=O) groups excluding carboxylic acids is 2. The van der Waals surface area contributed by atoms with Crippen molar-refractivity contribution in [1.29, 1.82) is 0 Å². The Balaban J connectivity index is 1.78. The van der Waals surface area contributed by atoms with E-state index in [0.29, 0.717) is 11.3 Å². The summed E-state index contributed by atoms with van der Waals surface area (Å²) in [6, 6.07) is 22.5. The van der Waals surface area contributed by atoms with Crippen molar-refractivity contribution in [2.45, 2.75) is 32.9 Å². The number of aryl methyl sites for hydroxylation is 1. The molecule has 0 bridgehead atoms. The zero-order valence-electron chi connectivity index (χ0n) is 18.0. The molecule has 31 heavy (non-hydrogen) atoms. The molecule has 5 nitrogen and oxygen atoms in total. The van der Waals surface area contributed by atoms with Crippen LogP contribution in [0.2, 0.25) is 0 Å². The van der Waals surface area contributed by atoms with Gasteiger partial charge in [0.25, 0.3) is 5.91 Å². The third kappa shape index (κ3) is 4.45. The van der Waals surface area contributed by atoms with Crippen LogP contribution in [-0.4, -0.2) is 29.4 Å². The van der Waals surface area contributed by atoms with E-state index >= 15 is 0 Å². The van der Waals surface area contributed by atoms with Crippen molar-refractivity contribution in [3.8, 4) is 5.75 Å². The molecule has 0 aliphatic carbocycles. The molecule has 0 unspecified atom stereocenters. The van der Waals surface area contributed by atoms with Gasteiger partial charge in [0.15, 0.2) is 0 Å². The number of hydrogen-bond acceptors (Lipinski definition) is 3. The lowest BCUT2D eigenvalue weighted by Crippen LogP contribution is -2.39. The second-order valence-electron chi connectivity index (χ2n) is 8.08. The van der Waals surface area contributed by atoms with E-state index in [9.17, 15) is 9.59 Å². The van der Waals surface area contributed by atoms with Crippen LogP contribution < -0.4 is 10.1 Å². The fourth-order valence-electron chi connectivity index (χ4n) is 3.92. The molecule has 0 saturated carbocycles. The molecule has 1 N–H and O–H groups in total. The monoisotopic (exact) mass is 414 g/mol. The lowest BCUT2D eigenvalue weighted by molar-refractivity contribution is -0.117. The first-order valence-electron chi connectivity index (χ1n) is 10.5. The van der Waals surface area contributed by atoms with E-state index in [4.69, 9.17) is 4.74 Å². The molecule has 1 aliphatic rings. The highest BCUT2D eigenvalue weighted by molar-refractivity contribution is 6.01. The Morgan fingerprint density at radius 2 is 1.74 bits per heavy atom. The summed E-state index contributed by atoms with van der Waals surface area (Å²) in [7, 11) is 0. The molecule has 0 spiro atoms. The van der Waals surface area contributed by atoms with Gasteiger partial charge in [-0.3, -0.25) is 9.59 Å². The number of nitrogens with zero attached hydrogens (tertiary/aromatic N) is 1. The van der Waals surface area contributed by atoms with Gasteiger partial charge >= 0.3 is 0 Å². The van der Waals surface area contributed by atoms with Gasteiger partial charge in [0, 0.05) is 16.8 Å². The molecule has 1 aliphatic heterocycles. The molecule has 3 aromatic carbocycles. The highest BCUT2D eigenvalue weighted by Crippen LogP contribution is 2.37. The third-order valence-corrected chi connectivity index (χ3v) is 5.25. The fourth-order valence-corrected chi connectivity index (χ4v) is 3.92. The second-order valence-corrected chi connectivity index (χ2v) is 8.08. The first kappa shape index (κ1) is 20.7. The quantitative estimate of drug-likeness (QED) is 0.656. The van der Waals surface area contributed by atoms with Crippen molar-refractivity contribution in [2.24, 2.45) is 0 Å². The normalized spacial score (nSPS) is 15.8. The first-order chi connectivity index (χ1) is 14.9. The van der Waals surface area contributed by atoms with E-state index in [1.165, 1.54) is 0 Å². The van der Waals surface area contributed by atoms with Gasteiger partial charge in [0.2, 0.25) is 5.91 Å². The summed E-state index contributed by atoms with van der Waals surface area (Å²) in [6.45, 7) is 5.89. The summed E-state index contributed by atoms with van der Waals surface area (Å²) in [5.74, 6) is 0.298. The number of anilines is 1. The van der Waals surface area contributed by atoms with Crippen LogP contribution in [0.1, 0.15) is 46.9 Å². The van der Waals surface area contributed by atoms with Crippen LogP contribution in [0.25, 0.3) is 0 Å². The number of fused-ring (bicyclic) bond motifs is 1. The minimum atomic E-state index is -0.380. The molecule has 2 amide bonds. The number of benzene rings is 3. The summed E-state index contributed by atoms with van der Waals surface area (Å²) in [5.41, 5.74) is 4.18. The van der Waals surface area contributed by atoms with Crippen molar-refractivity contribution in [3.05, 3.63) is 95.1 Å². The van der Waals surface area contributed by atoms with Gasteiger partial charge in [-0.1, -0.05) is 48.0 Å². The van der Waals surface area contributed by atoms with Gasteiger partial charge in [-0.25, -0.2) is 0 Å². The van der Waals surface area contributed by atoms with Gasteiger partial charge in [-0.2, -0.15) is 0 Å². The minimum Gasteiger partial charge on any atom is -0.491 e. The predicted molar refractivity (Wildman–Crippen MR) is 121 cm³/mol. The molecule has 0 radical (unpaired) electrons. The molecule has 4 rings (SSSR count). The maximum Gasteiger partial charge on any atom is 0.255 e. The second kappa shape index (κ2) is 8.64. The minimum absolute atomic E-state index is 0.0314. The Kier molecular flexibility index (Phi) is 5.76. The van der Waals surface area contributed by atoms with Gasteiger partial charge in [-0.15, -0.1) is 0 Å². The van der Waals surface area contributed by atoms with Crippen molar-refractivity contribution in [2.75, 3.05) is 11.9 Å². The summed E-state index contributed by atoms with van der Waals surface area (Å²) in [4.78, 5) is 28.0. The molecular weight excluding hydrogens is 388 g/mol. The zero-order valence-corrected chi connectivity index (χ0v) is 18.0. The third-order valence-electron chi connectivity index (χ3n) is 5.25. The number of nitrogens with one attached hydrogen (secondary N) is 1. The van der Waals surface area contributed by atoms with Crippen LogP contribution in [-0.2, 0) is 4.79 Å². The molecule has 0 fully saturated rings. The summed E-state index contributed by atoms with van der Waals surface area (Å²) < 4.78 is 5.69. The Morgan fingerprint density at radius 3 is 2.42 bits per heavy atom. The average molecular weight is 415 g/mol. The van der Waals surface area contributed by atoms with Gasteiger partial charge in [0.1, 0.15) is 12.3 Å². The molecule has 1 atom stereocenters. The van der Waals surface area contributed by atoms with E-state index < -0.39 is 0 Å². The van der Waals surface area contributed by atoms with E-state index in [0.717, 1.165) is 22.4 Å². The number of rotatable bonds is 4. The van der Waals surface area contributed by atoms with Gasteiger partial charge < -0.3 is 15.0 Å². The smallest absolute Gasteiger partial charge is 0.255 e. The number of hydrogen-bond donors (Lipinski definition) is 1. The lowest BCUT2D eigenvalue weighted by Gasteiger charge is -2.31. The molecule has 5 heteroatoms. The molecule has 3 aromatic rings. The van der Waals surface area contributed by atoms with E-state index in [2.05, 4.69) is 5.32 Å². The van der Waals surface area contributed by atoms with Crippen LogP contribution >= 0.6 is 0 Å². The van der Waals surface area contributed by atoms with Crippen molar-refractivity contribution in [1.82, 2.24) is 4.90 Å². The highest BCUT2D eigenvalue weighted by atomic mass is 16.5. The van der Waals surface area contributed by atoms with E-state index in [1.54, 1.807) is 29.2 Å². The standard InChI is InChI=1S/C26H26N2O3/c1-17(2)31-21-12-10-20(11-13-21)26(30)28-16-24(29)27-23-14-9-18(3)15-22(23)25(28)19-7-5-4-6-8-19/h4-15,17,25H,16H2,1-3H3,(H,27,29)/t25-/m1/s1. The Morgan fingerprint density at radius 1 is 1.03 bits per heavy atom. The highest BCUT2D eigenvalue weighted by Gasteiger charge is 2.34. The van der Waals surface area contributed by atoms with Crippen LogP contribution in [0.15, 0.2) is 72.8 Å². The van der Waals surface area contributed by atoms with Gasteiger partial charge in [0.05, 0.1) is 12.1 Å². The maximum atomic E-state index is 13.6. The van der Waals surface area contributed by atoms with Gasteiger partial charge in [-0.05, 0) is 56.7 Å². The lowest BCUT2D eigenvalue weighted by atomic mass is 9.94. The molecule has 158 valence electrons. The average Bonchev–Trinajstić information content (AvgIpc) is 2.89. The van der Waals surface area contributed by atoms with Crippen LogP contribution in [0, 0.1) is 6.92 Å². The number of carbonyl (C=O) groups is 2. The van der Waals surface area contributed by atoms with E-state index in [-0.39, 0.29) is 30.5 Å². The largest absolute Gasteiger partial charge is 0.491 e. The fraction of sp³-hybridized carbons (Fsp3) is 0.231. The number of ether oxygens (including phenoxy) is 1. The molecule has 0 saturated heterocycles. The predicted octanol–water partition coefficient (Wildman–Crippen LogP) is 4.97. The van der Waals surface area contributed by atoms with Crippen LogP contribution in [0.4, 0.5) is 5.69 Å². The van der Waals surface area contributed by atoms with Crippen molar-refractivity contribution >= 4 is 17.5 Å². The Labute approximate surface area is 182 Å². The SMILES string of the molecule is Cc1ccc2c(c1)[C@@H](c1ccccc1)N(C(=O)c1ccc(OC(C)C)cc1)CC(=O)N2. The molecular formula is C26H26N2O3.